The second kappa shape index (κ2) is 5.88. The van der Waals surface area contributed by atoms with E-state index in [1.54, 1.807) is 0 Å². The van der Waals surface area contributed by atoms with Gasteiger partial charge in [0.15, 0.2) is 0 Å². The number of thiophene rings is 1. The van der Waals surface area contributed by atoms with Crippen LogP contribution in [0.15, 0.2) is 34.1 Å². The van der Waals surface area contributed by atoms with Crippen LogP contribution >= 0.6 is 27.3 Å². The van der Waals surface area contributed by atoms with Crippen molar-refractivity contribution in [2.24, 2.45) is 5.84 Å². The zero-order chi connectivity index (χ0) is 13.1. The minimum Gasteiger partial charge on any atom is -0.271 e. The van der Waals surface area contributed by atoms with Crippen molar-refractivity contribution in [3.63, 3.8) is 0 Å². The number of rotatable bonds is 4. The molecule has 0 aliphatic carbocycles. The van der Waals surface area contributed by atoms with E-state index < -0.39 is 11.6 Å². The number of nitrogens with one attached hydrogen (secondary N) is 1. The molecule has 0 radical (unpaired) electrons. The van der Waals surface area contributed by atoms with Gasteiger partial charge in [0.2, 0.25) is 0 Å². The van der Waals surface area contributed by atoms with Crippen LogP contribution in [0.4, 0.5) is 8.78 Å². The summed E-state index contributed by atoms with van der Waals surface area (Å²) >= 11 is 4.86. The summed E-state index contributed by atoms with van der Waals surface area (Å²) in [4.78, 5) is 0.966. The van der Waals surface area contributed by atoms with Crippen LogP contribution in [-0.2, 0) is 6.42 Å². The van der Waals surface area contributed by atoms with E-state index in [0.29, 0.717) is 12.0 Å². The number of hydrazine groups is 1. The standard InChI is InChI=1S/C12H11BrF2N2S/c13-12-4-3-11(18-12)10(17-16)6-7-5-8(14)1-2-9(7)15/h1-5,10,17H,6,16H2. The first-order valence-electron chi connectivity index (χ1n) is 5.25. The van der Waals surface area contributed by atoms with E-state index >= 15 is 0 Å². The summed E-state index contributed by atoms with van der Waals surface area (Å²) in [7, 11) is 0. The van der Waals surface area contributed by atoms with Crippen molar-refractivity contribution in [2.45, 2.75) is 12.5 Å². The first kappa shape index (κ1) is 13.6. The molecule has 2 aromatic rings. The molecule has 0 spiro atoms. The summed E-state index contributed by atoms with van der Waals surface area (Å²) in [5.41, 5.74) is 2.94. The third-order valence-corrected chi connectivity index (χ3v) is 4.31. The maximum Gasteiger partial charge on any atom is 0.126 e. The van der Waals surface area contributed by atoms with Crippen LogP contribution in [0.1, 0.15) is 16.5 Å². The van der Waals surface area contributed by atoms with Crippen molar-refractivity contribution < 1.29 is 8.78 Å². The maximum absolute atomic E-state index is 13.5. The van der Waals surface area contributed by atoms with Crippen molar-refractivity contribution in [1.29, 1.82) is 0 Å². The Morgan fingerprint density at radius 3 is 2.67 bits per heavy atom. The van der Waals surface area contributed by atoms with Gasteiger partial charge in [-0.2, -0.15) is 0 Å². The molecule has 6 heteroatoms. The van der Waals surface area contributed by atoms with Crippen LogP contribution in [0.5, 0.6) is 0 Å². The number of nitrogens with two attached hydrogens (primary N) is 1. The van der Waals surface area contributed by atoms with E-state index in [4.69, 9.17) is 5.84 Å². The Balaban J connectivity index is 2.22. The molecule has 96 valence electrons. The molecule has 0 bridgehead atoms. The highest BCUT2D eigenvalue weighted by Crippen LogP contribution is 2.29. The molecule has 0 saturated heterocycles. The fourth-order valence-corrected chi connectivity index (χ4v) is 3.16. The van der Waals surface area contributed by atoms with Gasteiger partial charge in [-0.05, 0) is 58.2 Å². The summed E-state index contributed by atoms with van der Waals surface area (Å²) in [5.74, 6) is 4.60. The highest BCUT2D eigenvalue weighted by atomic mass is 79.9. The largest absolute Gasteiger partial charge is 0.271 e. The lowest BCUT2D eigenvalue weighted by molar-refractivity contribution is 0.528. The fraction of sp³-hybridized carbons (Fsp3) is 0.167. The summed E-state index contributed by atoms with van der Waals surface area (Å²) in [5, 5.41) is 0. The number of hydrogen-bond donors (Lipinski definition) is 2. The zero-order valence-electron chi connectivity index (χ0n) is 9.29. The van der Waals surface area contributed by atoms with E-state index in [-0.39, 0.29) is 6.04 Å². The molecule has 1 heterocycles. The van der Waals surface area contributed by atoms with Gasteiger partial charge in [0.1, 0.15) is 11.6 Å². The molecule has 0 fully saturated rings. The predicted octanol–water partition coefficient (Wildman–Crippen LogP) is 3.54. The van der Waals surface area contributed by atoms with E-state index in [1.807, 2.05) is 12.1 Å². The Morgan fingerprint density at radius 2 is 2.06 bits per heavy atom. The number of halogens is 3. The van der Waals surface area contributed by atoms with Crippen LogP contribution in [0.25, 0.3) is 0 Å². The Bertz CT molecular complexity index is 545. The van der Waals surface area contributed by atoms with E-state index in [9.17, 15) is 8.78 Å². The van der Waals surface area contributed by atoms with Crippen LogP contribution in [-0.4, -0.2) is 0 Å². The lowest BCUT2D eigenvalue weighted by Crippen LogP contribution is -2.29. The molecule has 3 N–H and O–H groups in total. The number of hydrogen-bond acceptors (Lipinski definition) is 3. The minimum atomic E-state index is -0.450. The Labute approximate surface area is 116 Å². The summed E-state index contributed by atoms with van der Waals surface area (Å²) in [6.07, 6.45) is 0.299. The van der Waals surface area contributed by atoms with Gasteiger partial charge in [-0.25, -0.2) is 8.78 Å². The normalized spacial score (nSPS) is 12.7. The van der Waals surface area contributed by atoms with Gasteiger partial charge in [-0.15, -0.1) is 11.3 Å². The lowest BCUT2D eigenvalue weighted by atomic mass is 10.0. The Hall–Kier alpha value is -0.820. The summed E-state index contributed by atoms with van der Waals surface area (Å²) < 4.78 is 27.6. The van der Waals surface area contributed by atoms with Crippen molar-refractivity contribution in [3.05, 3.63) is 56.2 Å². The van der Waals surface area contributed by atoms with E-state index in [0.717, 1.165) is 20.8 Å². The Morgan fingerprint density at radius 1 is 1.28 bits per heavy atom. The number of benzene rings is 1. The molecule has 1 aromatic carbocycles. The van der Waals surface area contributed by atoms with E-state index in [2.05, 4.69) is 21.4 Å². The molecule has 0 aliphatic rings. The highest BCUT2D eigenvalue weighted by molar-refractivity contribution is 9.11. The first-order valence-corrected chi connectivity index (χ1v) is 6.86. The monoisotopic (exact) mass is 332 g/mol. The second-order valence-corrected chi connectivity index (χ2v) is 6.30. The average molecular weight is 333 g/mol. The van der Waals surface area contributed by atoms with Gasteiger partial charge in [-0.3, -0.25) is 11.3 Å². The molecule has 18 heavy (non-hydrogen) atoms. The average Bonchev–Trinajstić information content (AvgIpc) is 2.77. The molecule has 1 aromatic heterocycles. The van der Waals surface area contributed by atoms with Gasteiger partial charge >= 0.3 is 0 Å². The third kappa shape index (κ3) is 3.14. The quantitative estimate of drug-likeness (QED) is 0.663. The van der Waals surface area contributed by atoms with Crippen LogP contribution < -0.4 is 11.3 Å². The van der Waals surface area contributed by atoms with Crippen LogP contribution in [0.3, 0.4) is 0 Å². The van der Waals surface area contributed by atoms with Gasteiger partial charge in [-0.1, -0.05) is 0 Å². The van der Waals surface area contributed by atoms with Crippen LogP contribution in [0.2, 0.25) is 0 Å². The molecule has 2 nitrogen and oxygen atoms in total. The van der Waals surface area contributed by atoms with Gasteiger partial charge < -0.3 is 0 Å². The third-order valence-electron chi connectivity index (χ3n) is 2.57. The van der Waals surface area contributed by atoms with Gasteiger partial charge in [0.25, 0.3) is 0 Å². The second-order valence-electron chi connectivity index (χ2n) is 3.80. The van der Waals surface area contributed by atoms with Crippen molar-refractivity contribution in [1.82, 2.24) is 5.43 Å². The zero-order valence-corrected chi connectivity index (χ0v) is 11.7. The van der Waals surface area contributed by atoms with Crippen molar-refractivity contribution in [3.8, 4) is 0 Å². The smallest absolute Gasteiger partial charge is 0.126 e. The molecule has 0 saturated carbocycles. The molecule has 2 rings (SSSR count). The molecule has 0 amide bonds. The topological polar surface area (TPSA) is 38.0 Å². The van der Waals surface area contributed by atoms with Crippen LogP contribution in [0, 0.1) is 11.6 Å². The molecule has 0 aliphatic heterocycles. The van der Waals surface area contributed by atoms with Gasteiger partial charge in [0, 0.05) is 4.88 Å². The fourth-order valence-electron chi connectivity index (χ4n) is 1.68. The molecular formula is C12H11BrF2N2S. The minimum absolute atomic E-state index is 0.238. The molecule has 1 unspecified atom stereocenters. The van der Waals surface area contributed by atoms with Crippen molar-refractivity contribution in [2.75, 3.05) is 0 Å². The van der Waals surface area contributed by atoms with Gasteiger partial charge in [0.05, 0.1) is 9.83 Å². The molecular weight excluding hydrogens is 322 g/mol. The SMILES string of the molecule is NNC(Cc1cc(F)ccc1F)c1ccc(Br)s1. The lowest BCUT2D eigenvalue weighted by Gasteiger charge is -2.14. The highest BCUT2D eigenvalue weighted by Gasteiger charge is 2.15. The maximum atomic E-state index is 13.5. The Kier molecular flexibility index (Phi) is 4.45. The predicted molar refractivity (Wildman–Crippen MR) is 72.1 cm³/mol. The van der Waals surface area contributed by atoms with E-state index in [1.165, 1.54) is 17.4 Å². The molecule has 1 atom stereocenters. The summed E-state index contributed by atoms with van der Waals surface area (Å²) in [6.45, 7) is 0. The van der Waals surface area contributed by atoms with Crippen molar-refractivity contribution >= 4 is 27.3 Å². The first-order chi connectivity index (χ1) is 8.60. The summed E-state index contributed by atoms with van der Waals surface area (Å²) in [6, 6.07) is 6.98.